The Labute approximate surface area is 59.3 Å². The van der Waals surface area contributed by atoms with Gasteiger partial charge in [0.25, 0.3) is 0 Å². The third-order valence-corrected chi connectivity index (χ3v) is 1.79. The third-order valence-electron chi connectivity index (χ3n) is 1.79. The van der Waals surface area contributed by atoms with Gasteiger partial charge in [0.15, 0.2) is 0 Å². The Morgan fingerprint density at radius 2 is 2.50 bits per heavy atom. The number of rotatable bonds is 1. The van der Waals surface area contributed by atoms with Crippen molar-refractivity contribution in [3.63, 3.8) is 0 Å². The fourth-order valence-corrected chi connectivity index (χ4v) is 1.07. The average molecular weight is 138 g/mol. The standard InChI is InChI=1S/C7H10N2O/c1-5-3-8-9(4-5)6-2-7(6)10/h3-4,6-7,10H,2H2,1H3. The molecule has 0 spiro atoms. The van der Waals surface area contributed by atoms with Gasteiger partial charge in [0.2, 0.25) is 0 Å². The quantitative estimate of drug-likeness (QED) is 0.613. The first-order valence-corrected chi connectivity index (χ1v) is 3.46. The van der Waals surface area contributed by atoms with Crippen LogP contribution < -0.4 is 0 Å². The van der Waals surface area contributed by atoms with Gasteiger partial charge in [0.1, 0.15) is 0 Å². The van der Waals surface area contributed by atoms with E-state index in [1.54, 1.807) is 0 Å². The molecule has 2 atom stereocenters. The molecule has 2 unspecified atom stereocenters. The van der Waals surface area contributed by atoms with Crippen LogP contribution in [0.2, 0.25) is 0 Å². The summed E-state index contributed by atoms with van der Waals surface area (Å²) in [4.78, 5) is 0. The smallest absolute Gasteiger partial charge is 0.0804 e. The first-order valence-electron chi connectivity index (χ1n) is 3.46. The van der Waals surface area contributed by atoms with E-state index in [1.165, 1.54) is 0 Å². The molecule has 1 fully saturated rings. The molecular formula is C7H10N2O. The molecule has 1 N–H and O–H groups in total. The predicted octanol–water partition coefficient (Wildman–Crippen LogP) is 0.497. The van der Waals surface area contributed by atoms with Crippen molar-refractivity contribution in [3.8, 4) is 0 Å². The van der Waals surface area contributed by atoms with Gasteiger partial charge in [-0.25, -0.2) is 0 Å². The molecule has 3 nitrogen and oxygen atoms in total. The van der Waals surface area contributed by atoms with Crippen LogP contribution in [0.3, 0.4) is 0 Å². The van der Waals surface area contributed by atoms with Gasteiger partial charge in [-0.1, -0.05) is 0 Å². The fraction of sp³-hybridized carbons (Fsp3) is 0.571. The molecule has 1 aromatic rings. The first kappa shape index (κ1) is 5.92. The van der Waals surface area contributed by atoms with Crippen LogP contribution >= 0.6 is 0 Å². The second-order valence-corrected chi connectivity index (χ2v) is 2.87. The Hall–Kier alpha value is -0.830. The molecule has 1 aliphatic carbocycles. The van der Waals surface area contributed by atoms with E-state index in [2.05, 4.69) is 5.10 Å². The number of hydrogen-bond donors (Lipinski definition) is 1. The lowest BCUT2D eigenvalue weighted by molar-refractivity contribution is 0.256. The second kappa shape index (κ2) is 1.83. The van der Waals surface area contributed by atoms with Crippen LogP contribution in [0.5, 0.6) is 0 Å². The molecule has 1 aliphatic rings. The average Bonchev–Trinajstić information content (AvgIpc) is 2.42. The maximum absolute atomic E-state index is 9.03. The van der Waals surface area contributed by atoms with Gasteiger partial charge in [0.05, 0.1) is 18.3 Å². The number of aliphatic hydroxyl groups excluding tert-OH is 1. The molecule has 0 radical (unpaired) electrons. The number of aromatic nitrogens is 2. The number of aliphatic hydroxyl groups is 1. The highest BCUT2D eigenvalue weighted by molar-refractivity contribution is 5.04. The van der Waals surface area contributed by atoms with E-state index in [1.807, 2.05) is 24.0 Å². The summed E-state index contributed by atoms with van der Waals surface area (Å²) in [6.07, 6.45) is 4.48. The molecule has 1 saturated carbocycles. The highest BCUT2D eigenvalue weighted by Crippen LogP contribution is 2.34. The SMILES string of the molecule is Cc1cnn(C2CC2O)c1. The molecule has 0 bridgehead atoms. The van der Waals surface area contributed by atoms with Crippen LogP contribution in [-0.2, 0) is 0 Å². The summed E-state index contributed by atoms with van der Waals surface area (Å²) in [6, 6.07) is 0.258. The summed E-state index contributed by atoms with van der Waals surface area (Å²) in [5.41, 5.74) is 1.15. The van der Waals surface area contributed by atoms with Crippen molar-refractivity contribution in [2.24, 2.45) is 0 Å². The van der Waals surface area contributed by atoms with Gasteiger partial charge in [-0.2, -0.15) is 5.10 Å². The molecule has 0 amide bonds. The van der Waals surface area contributed by atoms with Crippen LogP contribution in [0.25, 0.3) is 0 Å². The van der Waals surface area contributed by atoms with Crippen LogP contribution in [0.1, 0.15) is 18.0 Å². The lowest BCUT2D eigenvalue weighted by atomic mass is 10.4. The van der Waals surface area contributed by atoms with E-state index < -0.39 is 0 Å². The van der Waals surface area contributed by atoms with Gasteiger partial charge in [-0.3, -0.25) is 4.68 Å². The number of nitrogens with zero attached hydrogens (tertiary/aromatic N) is 2. The second-order valence-electron chi connectivity index (χ2n) is 2.87. The summed E-state index contributed by atoms with van der Waals surface area (Å²) < 4.78 is 1.83. The van der Waals surface area contributed by atoms with E-state index in [9.17, 15) is 0 Å². The number of aryl methyl sites for hydroxylation is 1. The van der Waals surface area contributed by atoms with Crippen LogP contribution in [-0.4, -0.2) is 21.0 Å². The normalized spacial score (nSPS) is 30.6. The molecule has 2 rings (SSSR count). The van der Waals surface area contributed by atoms with Gasteiger partial charge in [-0.15, -0.1) is 0 Å². The summed E-state index contributed by atoms with van der Waals surface area (Å²) in [7, 11) is 0. The van der Waals surface area contributed by atoms with Crippen LogP contribution in [0, 0.1) is 6.92 Å². The Balaban J connectivity index is 2.20. The Morgan fingerprint density at radius 3 is 2.90 bits per heavy atom. The summed E-state index contributed by atoms with van der Waals surface area (Å²) in [5.74, 6) is 0. The van der Waals surface area contributed by atoms with E-state index >= 15 is 0 Å². The molecule has 54 valence electrons. The minimum atomic E-state index is -0.153. The lowest BCUT2D eigenvalue weighted by Crippen LogP contribution is -1.97. The van der Waals surface area contributed by atoms with Crippen LogP contribution in [0.15, 0.2) is 12.4 Å². The monoisotopic (exact) mass is 138 g/mol. The summed E-state index contributed by atoms with van der Waals surface area (Å²) in [5, 5.41) is 13.1. The minimum absolute atomic E-state index is 0.153. The van der Waals surface area contributed by atoms with Gasteiger partial charge in [0, 0.05) is 12.6 Å². The lowest BCUT2D eigenvalue weighted by Gasteiger charge is -1.93. The van der Waals surface area contributed by atoms with E-state index in [0.29, 0.717) is 0 Å². The van der Waals surface area contributed by atoms with Crippen molar-refractivity contribution < 1.29 is 5.11 Å². The van der Waals surface area contributed by atoms with E-state index in [-0.39, 0.29) is 12.1 Å². The van der Waals surface area contributed by atoms with E-state index in [4.69, 9.17) is 5.11 Å². The molecular weight excluding hydrogens is 128 g/mol. The largest absolute Gasteiger partial charge is 0.391 e. The minimum Gasteiger partial charge on any atom is -0.391 e. The zero-order valence-electron chi connectivity index (χ0n) is 5.86. The van der Waals surface area contributed by atoms with Crippen molar-refractivity contribution >= 4 is 0 Å². The molecule has 10 heavy (non-hydrogen) atoms. The topological polar surface area (TPSA) is 38.0 Å². The maximum atomic E-state index is 9.03. The third kappa shape index (κ3) is 0.827. The van der Waals surface area contributed by atoms with Gasteiger partial charge in [-0.05, 0) is 12.5 Å². The maximum Gasteiger partial charge on any atom is 0.0804 e. The first-order chi connectivity index (χ1) is 4.77. The van der Waals surface area contributed by atoms with Gasteiger partial charge >= 0.3 is 0 Å². The molecule has 3 heteroatoms. The summed E-state index contributed by atoms with van der Waals surface area (Å²) >= 11 is 0. The van der Waals surface area contributed by atoms with Crippen molar-refractivity contribution in [3.05, 3.63) is 18.0 Å². The van der Waals surface area contributed by atoms with Crippen molar-refractivity contribution in [2.75, 3.05) is 0 Å². The molecule has 0 aliphatic heterocycles. The zero-order chi connectivity index (χ0) is 7.14. The highest BCUT2D eigenvalue weighted by atomic mass is 16.3. The van der Waals surface area contributed by atoms with E-state index in [0.717, 1.165) is 12.0 Å². The predicted molar refractivity (Wildman–Crippen MR) is 36.6 cm³/mol. The molecule has 0 aromatic carbocycles. The highest BCUT2D eigenvalue weighted by Gasteiger charge is 2.37. The Morgan fingerprint density at radius 1 is 1.80 bits per heavy atom. The number of hydrogen-bond acceptors (Lipinski definition) is 2. The van der Waals surface area contributed by atoms with Crippen molar-refractivity contribution in [1.29, 1.82) is 0 Å². The van der Waals surface area contributed by atoms with Crippen LogP contribution in [0.4, 0.5) is 0 Å². The summed E-state index contributed by atoms with van der Waals surface area (Å²) in [6.45, 7) is 2.00. The van der Waals surface area contributed by atoms with Crippen molar-refractivity contribution in [2.45, 2.75) is 25.5 Å². The zero-order valence-corrected chi connectivity index (χ0v) is 5.86. The van der Waals surface area contributed by atoms with Crippen molar-refractivity contribution in [1.82, 2.24) is 9.78 Å². The van der Waals surface area contributed by atoms with Gasteiger partial charge < -0.3 is 5.11 Å². The molecule has 0 saturated heterocycles. The molecule has 1 aromatic heterocycles. The Kier molecular flexibility index (Phi) is 1.08. The molecule has 1 heterocycles. The fourth-order valence-electron chi connectivity index (χ4n) is 1.07. The Bertz CT molecular complexity index is 244.